The molecule has 12 heteroatoms. The quantitative estimate of drug-likeness (QED) is 0.605. The normalized spacial score (nSPS) is 21.4. The maximum atomic E-state index is 14.0. The SMILES string of the molecule is COC(=O)C1CCCN1C(=O)C1C(NC(=O)Nc2ccc(F)cc2F)CCN1C(=O)c1cccn1C. The Hall–Kier alpha value is -3.96. The Bertz CT molecular complexity index is 1190. The Morgan fingerprint density at radius 1 is 1.06 bits per heavy atom. The van der Waals surface area contributed by atoms with Crippen LogP contribution in [0.25, 0.3) is 0 Å². The minimum atomic E-state index is -1.10. The topological polar surface area (TPSA) is 113 Å². The van der Waals surface area contributed by atoms with E-state index in [1.54, 1.807) is 29.9 Å². The molecule has 0 saturated carbocycles. The van der Waals surface area contributed by atoms with Crippen LogP contribution in [-0.2, 0) is 21.4 Å². The highest BCUT2D eigenvalue weighted by atomic mass is 19.1. The number of amides is 4. The Morgan fingerprint density at radius 3 is 2.50 bits per heavy atom. The van der Waals surface area contributed by atoms with Gasteiger partial charge in [-0.15, -0.1) is 0 Å². The van der Waals surface area contributed by atoms with E-state index in [1.807, 2.05) is 0 Å². The molecule has 3 unspecified atom stereocenters. The van der Waals surface area contributed by atoms with E-state index < -0.39 is 53.6 Å². The Balaban J connectivity index is 1.58. The maximum Gasteiger partial charge on any atom is 0.328 e. The molecule has 10 nitrogen and oxygen atoms in total. The Kier molecular flexibility index (Phi) is 7.22. The van der Waals surface area contributed by atoms with Gasteiger partial charge >= 0.3 is 12.0 Å². The maximum absolute atomic E-state index is 14.0. The van der Waals surface area contributed by atoms with Gasteiger partial charge in [0.1, 0.15) is 29.4 Å². The lowest BCUT2D eigenvalue weighted by Gasteiger charge is -2.33. The van der Waals surface area contributed by atoms with Gasteiger partial charge in [-0.3, -0.25) is 9.59 Å². The lowest BCUT2D eigenvalue weighted by Crippen LogP contribution is -2.58. The predicted molar refractivity (Wildman–Crippen MR) is 124 cm³/mol. The molecule has 4 amide bonds. The van der Waals surface area contributed by atoms with Crippen LogP contribution in [0.3, 0.4) is 0 Å². The number of likely N-dealkylation sites (tertiary alicyclic amines) is 2. The second-order valence-corrected chi connectivity index (χ2v) is 8.78. The molecule has 192 valence electrons. The molecule has 0 aliphatic carbocycles. The summed E-state index contributed by atoms with van der Waals surface area (Å²) in [6, 6.07) is 2.54. The van der Waals surface area contributed by atoms with E-state index in [0.29, 0.717) is 31.1 Å². The first kappa shape index (κ1) is 25.1. The first-order valence-electron chi connectivity index (χ1n) is 11.5. The van der Waals surface area contributed by atoms with Crippen LogP contribution in [0, 0.1) is 11.6 Å². The van der Waals surface area contributed by atoms with Crippen LogP contribution in [0.1, 0.15) is 29.8 Å². The summed E-state index contributed by atoms with van der Waals surface area (Å²) < 4.78 is 33.7. The van der Waals surface area contributed by atoms with Crippen molar-refractivity contribution in [2.75, 3.05) is 25.5 Å². The molecule has 2 aliphatic heterocycles. The number of anilines is 1. The van der Waals surface area contributed by atoms with Crippen LogP contribution in [0.4, 0.5) is 19.3 Å². The zero-order chi connectivity index (χ0) is 26.0. The lowest BCUT2D eigenvalue weighted by atomic mass is 10.1. The smallest absolute Gasteiger partial charge is 0.328 e. The number of hydrogen-bond acceptors (Lipinski definition) is 5. The lowest BCUT2D eigenvalue weighted by molar-refractivity contribution is -0.152. The molecule has 2 fully saturated rings. The Labute approximate surface area is 206 Å². The number of hydrogen-bond donors (Lipinski definition) is 2. The number of aryl methyl sites for hydroxylation is 1. The summed E-state index contributed by atoms with van der Waals surface area (Å²) in [5.74, 6) is -3.18. The molecule has 2 saturated heterocycles. The number of aromatic nitrogens is 1. The fraction of sp³-hybridized carbons (Fsp3) is 0.417. The summed E-state index contributed by atoms with van der Waals surface area (Å²) in [6.45, 7) is 0.480. The molecule has 36 heavy (non-hydrogen) atoms. The fourth-order valence-electron chi connectivity index (χ4n) is 4.81. The number of ether oxygens (including phenoxy) is 1. The molecule has 1 aromatic heterocycles. The summed E-state index contributed by atoms with van der Waals surface area (Å²) >= 11 is 0. The van der Waals surface area contributed by atoms with E-state index in [2.05, 4.69) is 10.6 Å². The molecule has 2 aromatic rings. The van der Waals surface area contributed by atoms with E-state index in [1.165, 1.54) is 16.9 Å². The zero-order valence-electron chi connectivity index (χ0n) is 19.9. The first-order valence-corrected chi connectivity index (χ1v) is 11.5. The van der Waals surface area contributed by atoms with Gasteiger partial charge in [-0.2, -0.15) is 0 Å². The molecule has 0 radical (unpaired) electrons. The number of nitrogens with zero attached hydrogens (tertiary/aromatic N) is 3. The molecule has 0 spiro atoms. The van der Waals surface area contributed by atoms with Gasteiger partial charge in [0, 0.05) is 32.4 Å². The monoisotopic (exact) mass is 503 g/mol. The highest BCUT2D eigenvalue weighted by Gasteiger charge is 2.48. The van der Waals surface area contributed by atoms with Crippen molar-refractivity contribution in [1.82, 2.24) is 19.7 Å². The highest BCUT2D eigenvalue weighted by Crippen LogP contribution is 2.27. The van der Waals surface area contributed by atoms with Crippen LogP contribution < -0.4 is 10.6 Å². The van der Waals surface area contributed by atoms with Crippen molar-refractivity contribution < 1.29 is 32.7 Å². The van der Waals surface area contributed by atoms with Crippen LogP contribution in [0.5, 0.6) is 0 Å². The summed E-state index contributed by atoms with van der Waals surface area (Å²) in [7, 11) is 2.95. The second kappa shape index (κ2) is 10.3. The molecule has 1 aromatic carbocycles. The molecule has 3 atom stereocenters. The molecule has 4 rings (SSSR count). The second-order valence-electron chi connectivity index (χ2n) is 8.78. The number of nitrogens with one attached hydrogen (secondary N) is 2. The number of methoxy groups -OCH3 is 1. The number of rotatable bonds is 5. The third kappa shape index (κ3) is 4.88. The number of carbonyl (C=O) groups excluding carboxylic acids is 4. The minimum Gasteiger partial charge on any atom is -0.467 e. The van der Waals surface area contributed by atoms with Crippen LogP contribution in [0.2, 0.25) is 0 Å². The fourth-order valence-corrected chi connectivity index (χ4v) is 4.81. The molecule has 3 heterocycles. The molecular formula is C24H27F2N5O5. The van der Waals surface area contributed by atoms with E-state index in [0.717, 1.165) is 12.1 Å². The van der Waals surface area contributed by atoms with Crippen LogP contribution in [-0.4, -0.2) is 76.5 Å². The highest BCUT2D eigenvalue weighted by molar-refractivity contribution is 5.99. The third-order valence-electron chi connectivity index (χ3n) is 6.58. The van der Waals surface area contributed by atoms with E-state index in [4.69, 9.17) is 4.74 Å². The van der Waals surface area contributed by atoms with Gasteiger partial charge in [0.25, 0.3) is 5.91 Å². The first-order chi connectivity index (χ1) is 17.2. The van der Waals surface area contributed by atoms with Gasteiger partial charge < -0.3 is 29.7 Å². The largest absolute Gasteiger partial charge is 0.467 e. The number of esters is 1. The van der Waals surface area contributed by atoms with Crippen LogP contribution in [0.15, 0.2) is 36.5 Å². The van der Waals surface area contributed by atoms with Crippen molar-refractivity contribution in [2.45, 2.75) is 37.4 Å². The zero-order valence-corrected chi connectivity index (χ0v) is 19.9. The standard InChI is InChI=1S/C24H27F2N5O5/c1-29-10-3-5-18(29)21(32)31-12-9-17(28-24(35)27-16-8-7-14(25)13-15(16)26)20(31)22(33)30-11-4-6-19(30)23(34)36-2/h3,5,7-8,10,13,17,19-20H,4,6,9,11-12H2,1-2H3,(H2,27,28,35). The number of urea groups is 1. The summed E-state index contributed by atoms with van der Waals surface area (Å²) in [6.07, 6.45) is 2.97. The summed E-state index contributed by atoms with van der Waals surface area (Å²) in [5, 5.41) is 4.96. The van der Waals surface area contributed by atoms with Gasteiger partial charge in [0.15, 0.2) is 0 Å². The van der Waals surface area contributed by atoms with Crippen LogP contribution >= 0.6 is 0 Å². The summed E-state index contributed by atoms with van der Waals surface area (Å²) in [4.78, 5) is 54.8. The number of carbonyl (C=O) groups is 4. The van der Waals surface area contributed by atoms with Gasteiger partial charge in [-0.25, -0.2) is 18.4 Å². The van der Waals surface area contributed by atoms with Crippen molar-refractivity contribution >= 4 is 29.5 Å². The van der Waals surface area contributed by atoms with Crippen molar-refractivity contribution in [3.63, 3.8) is 0 Å². The Morgan fingerprint density at radius 2 is 1.83 bits per heavy atom. The molecule has 2 N–H and O–H groups in total. The van der Waals surface area contributed by atoms with Crippen molar-refractivity contribution in [2.24, 2.45) is 7.05 Å². The third-order valence-corrected chi connectivity index (χ3v) is 6.58. The van der Waals surface area contributed by atoms with Gasteiger partial charge in [0.05, 0.1) is 18.8 Å². The minimum absolute atomic E-state index is 0.174. The van der Waals surface area contributed by atoms with Crippen molar-refractivity contribution in [3.8, 4) is 0 Å². The van der Waals surface area contributed by atoms with Crippen molar-refractivity contribution in [1.29, 1.82) is 0 Å². The number of benzene rings is 1. The summed E-state index contributed by atoms with van der Waals surface area (Å²) in [5.41, 5.74) is 0.119. The molecule has 0 bridgehead atoms. The molecule has 2 aliphatic rings. The van der Waals surface area contributed by atoms with Gasteiger partial charge in [0.2, 0.25) is 5.91 Å². The van der Waals surface area contributed by atoms with Gasteiger partial charge in [-0.1, -0.05) is 0 Å². The average Bonchev–Trinajstić information content (AvgIpc) is 3.59. The van der Waals surface area contributed by atoms with Gasteiger partial charge in [-0.05, 0) is 43.5 Å². The van der Waals surface area contributed by atoms with E-state index >= 15 is 0 Å². The van der Waals surface area contributed by atoms with E-state index in [-0.39, 0.29) is 18.7 Å². The molecular weight excluding hydrogens is 476 g/mol. The predicted octanol–water partition coefficient (Wildman–Crippen LogP) is 1.87. The van der Waals surface area contributed by atoms with Crippen molar-refractivity contribution in [3.05, 3.63) is 53.9 Å². The van der Waals surface area contributed by atoms with E-state index in [9.17, 15) is 28.0 Å². The average molecular weight is 504 g/mol. The number of halogens is 2.